The average Bonchev–Trinajstić information content (AvgIpc) is 3.29. The van der Waals surface area contributed by atoms with Crippen molar-refractivity contribution in [3.63, 3.8) is 0 Å². The first-order chi connectivity index (χ1) is 31.5. The SMILES string of the molecule is CCC/C=C\C/C=C\CCCCCCCC(=O)OCCCCC/C=C\CCCCCCCC(=O)NC(CO)C(O)CCCCCCCCCCCCCCCCCCCCCCCC. The Hall–Kier alpha value is -1.92. The highest BCUT2D eigenvalue weighted by Crippen LogP contribution is 2.17. The van der Waals surface area contributed by atoms with Crippen molar-refractivity contribution in [1.82, 2.24) is 5.32 Å². The lowest BCUT2D eigenvalue weighted by atomic mass is 10.0. The molecule has 0 aromatic rings. The monoisotopic (exact) mass is 900 g/mol. The van der Waals surface area contributed by atoms with E-state index in [9.17, 15) is 19.8 Å². The number of carbonyl (C=O) groups excluding carboxylic acids is 2. The molecule has 64 heavy (non-hydrogen) atoms. The summed E-state index contributed by atoms with van der Waals surface area (Å²) in [5, 5.41) is 23.3. The number of unbranched alkanes of at least 4 members (excludes halogenated alkanes) is 35. The van der Waals surface area contributed by atoms with Crippen molar-refractivity contribution in [3.05, 3.63) is 36.5 Å². The van der Waals surface area contributed by atoms with E-state index in [1.54, 1.807) is 0 Å². The lowest BCUT2D eigenvalue weighted by Gasteiger charge is -2.22. The Kier molecular flexibility index (Phi) is 52.1. The summed E-state index contributed by atoms with van der Waals surface area (Å²) in [5.74, 6) is -0.0977. The molecule has 2 unspecified atom stereocenters. The lowest BCUT2D eigenvalue weighted by molar-refractivity contribution is -0.143. The molecular formula is C58H109NO5. The summed E-state index contributed by atoms with van der Waals surface area (Å²) in [6.07, 6.45) is 65.6. The Morgan fingerprint density at radius 3 is 1.27 bits per heavy atom. The number of hydrogen-bond acceptors (Lipinski definition) is 5. The summed E-state index contributed by atoms with van der Waals surface area (Å²) in [6.45, 7) is 4.83. The van der Waals surface area contributed by atoms with E-state index in [-0.39, 0.29) is 18.5 Å². The van der Waals surface area contributed by atoms with Gasteiger partial charge < -0.3 is 20.3 Å². The van der Waals surface area contributed by atoms with Gasteiger partial charge in [-0.05, 0) is 83.5 Å². The van der Waals surface area contributed by atoms with Gasteiger partial charge in [0.25, 0.3) is 0 Å². The molecule has 0 rings (SSSR count). The summed E-state index contributed by atoms with van der Waals surface area (Å²) in [6, 6.07) is -0.562. The molecule has 0 fully saturated rings. The molecule has 0 aliphatic heterocycles. The van der Waals surface area contributed by atoms with E-state index in [4.69, 9.17) is 4.74 Å². The standard InChI is InChI=1S/C58H109NO5/c1-3-5-7-9-11-13-15-17-18-19-20-21-22-23-24-25-27-30-34-38-42-46-50-56(61)55(54-60)59-57(62)51-47-43-39-35-31-28-29-33-37-41-45-49-53-64-58(63)52-48-44-40-36-32-26-16-14-12-10-8-6-4-2/h8,10,14,16,29,33,55-56,60-61H,3-7,9,11-13,15,17-28,30-32,34-54H2,1-2H3,(H,59,62)/b10-8-,16-14-,33-29-. The van der Waals surface area contributed by atoms with Crippen LogP contribution < -0.4 is 5.32 Å². The predicted octanol–water partition coefficient (Wildman–Crippen LogP) is 17.2. The van der Waals surface area contributed by atoms with Crippen LogP contribution in [0.2, 0.25) is 0 Å². The Labute approximate surface area is 398 Å². The highest BCUT2D eigenvalue weighted by atomic mass is 16.5. The molecule has 0 saturated carbocycles. The second kappa shape index (κ2) is 53.7. The summed E-state index contributed by atoms with van der Waals surface area (Å²) in [5.41, 5.74) is 0. The van der Waals surface area contributed by atoms with E-state index in [1.165, 1.54) is 173 Å². The summed E-state index contributed by atoms with van der Waals surface area (Å²) in [7, 11) is 0. The molecule has 6 heteroatoms. The molecule has 0 aliphatic carbocycles. The highest BCUT2D eigenvalue weighted by Gasteiger charge is 2.20. The number of ether oxygens (including phenoxy) is 1. The molecule has 0 aromatic heterocycles. The van der Waals surface area contributed by atoms with Gasteiger partial charge in [-0.2, -0.15) is 0 Å². The first-order valence-corrected chi connectivity index (χ1v) is 28.2. The molecule has 0 heterocycles. The van der Waals surface area contributed by atoms with Crippen molar-refractivity contribution in [3.8, 4) is 0 Å². The topological polar surface area (TPSA) is 95.9 Å². The maximum absolute atomic E-state index is 12.5. The van der Waals surface area contributed by atoms with Gasteiger partial charge in [0.2, 0.25) is 5.91 Å². The third kappa shape index (κ3) is 49.5. The third-order valence-electron chi connectivity index (χ3n) is 12.9. The number of carbonyl (C=O) groups is 2. The maximum atomic E-state index is 12.5. The van der Waals surface area contributed by atoms with Gasteiger partial charge in [-0.15, -0.1) is 0 Å². The van der Waals surface area contributed by atoms with Crippen LogP contribution in [0.25, 0.3) is 0 Å². The molecular weight excluding hydrogens is 791 g/mol. The van der Waals surface area contributed by atoms with Crippen LogP contribution in [0.5, 0.6) is 0 Å². The first kappa shape index (κ1) is 62.1. The van der Waals surface area contributed by atoms with Gasteiger partial charge in [0.15, 0.2) is 0 Å². The Balaban J connectivity index is 3.51. The van der Waals surface area contributed by atoms with Gasteiger partial charge in [-0.1, -0.05) is 237 Å². The molecule has 6 nitrogen and oxygen atoms in total. The van der Waals surface area contributed by atoms with Gasteiger partial charge in [0.1, 0.15) is 0 Å². The molecule has 0 spiro atoms. The van der Waals surface area contributed by atoms with Crippen LogP contribution in [0.1, 0.15) is 296 Å². The second-order valence-corrected chi connectivity index (χ2v) is 19.3. The predicted molar refractivity (Wildman–Crippen MR) is 278 cm³/mol. The molecule has 0 aromatic carbocycles. The Bertz CT molecular complexity index is 1040. The summed E-state index contributed by atoms with van der Waals surface area (Å²) in [4.78, 5) is 24.5. The minimum Gasteiger partial charge on any atom is -0.466 e. The van der Waals surface area contributed by atoms with Crippen molar-refractivity contribution in [2.45, 2.75) is 309 Å². The number of allylic oxidation sites excluding steroid dienone is 6. The number of hydrogen-bond donors (Lipinski definition) is 3. The van der Waals surface area contributed by atoms with E-state index < -0.39 is 12.1 Å². The third-order valence-corrected chi connectivity index (χ3v) is 12.9. The van der Waals surface area contributed by atoms with Gasteiger partial charge >= 0.3 is 5.97 Å². The zero-order chi connectivity index (χ0) is 46.5. The van der Waals surface area contributed by atoms with E-state index in [1.807, 2.05) is 0 Å². The number of amides is 1. The summed E-state index contributed by atoms with van der Waals surface area (Å²) < 4.78 is 5.43. The molecule has 0 radical (unpaired) electrons. The van der Waals surface area contributed by atoms with Crippen LogP contribution in [0.15, 0.2) is 36.5 Å². The molecule has 0 aliphatic rings. The summed E-state index contributed by atoms with van der Waals surface area (Å²) >= 11 is 0. The number of rotatable bonds is 52. The van der Waals surface area contributed by atoms with E-state index in [0.717, 1.165) is 89.9 Å². The first-order valence-electron chi connectivity index (χ1n) is 28.2. The zero-order valence-corrected chi connectivity index (χ0v) is 42.8. The fourth-order valence-corrected chi connectivity index (χ4v) is 8.55. The fraction of sp³-hybridized carbons (Fsp3) is 0.862. The van der Waals surface area contributed by atoms with Crippen molar-refractivity contribution >= 4 is 11.9 Å². The molecule has 3 N–H and O–H groups in total. The minimum absolute atomic E-state index is 0.0378. The van der Waals surface area contributed by atoms with Crippen LogP contribution in [0.4, 0.5) is 0 Å². The van der Waals surface area contributed by atoms with E-state index in [0.29, 0.717) is 25.9 Å². The average molecular weight is 901 g/mol. The van der Waals surface area contributed by atoms with Crippen LogP contribution in [0, 0.1) is 0 Å². The molecule has 0 bridgehead atoms. The number of aliphatic hydroxyl groups excluding tert-OH is 2. The van der Waals surface area contributed by atoms with Crippen LogP contribution in [0.3, 0.4) is 0 Å². The van der Waals surface area contributed by atoms with E-state index in [2.05, 4.69) is 55.6 Å². The van der Waals surface area contributed by atoms with Gasteiger partial charge in [-0.3, -0.25) is 9.59 Å². The van der Waals surface area contributed by atoms with Crippen molar-refractivity contribution < 1.29 is 24.5 Å². The molecule has 2 atom stereocenters. The maximum Gasteiger partial charge on any atom is 0.305 e. The fourth-order valence-electron chi connectivity index (χ4n) is 8.55. The highest BCUT2D eigenvalue weighted by molar-refractivity contribution is 5.76. The molecule has 376 valence electrons. The van der Waals surface area contributed by atoms with E-state index >= 15 is 0 Å². The van der Waals surface area contributed by atoms with Crippen LogP contribution >= 0.6 is 0 Å². The minimum atomic E-state index is -0.682. The number of aliphatic hydroxyl groups is 2. The smallest absolute Gasteiger partial charge is 0.305 e. The number of nitrogens with one attached hydrogen (secondary N) is 1. The Morgan fingerprint density at radius 1 is 0.438 bits per heavy atom. The largest absolute Gasteiger partial charge is 0.466 e. The van der Waals surface area contributed by atoms with Crippen LogP contribution in [-0.4, -0.2) is 47.4 Å². The normalized spacial score (nSPS) is 12.9. The lowest BCUT2D eigenvalue weighted by Crippen LogP contribution is -2.45. The molecule has 0 saturated heterocycles. The van der Waals surface area contributed by atoms with Gasteiger partial charge in [0.05, 0.1) is 25.4 Å². The molecule has 1 amide bonds. The Morgan fingerprint density at radius 2 is 0.812 bits per heavy atom. The van der Waals surface area contributed by atoms with Crippen molar-refractivity contribution in [1.29, 1.82) is 0 Å². The van der Waals surface area contributed by atoms with Gasteiger partial charge in [-0.25, -0.2) is 0 Å². The second-order valence-electron chi connectivity index (χ2n) is 19.3. The quantitative estimate of drug-likeness (QED) is 0.0321. The zero-order valence-electron chi connectivity index (χ0n) is 42.8. The van der Waals surface area contributed by atoms with Crippen LogP contribution in [-0.2, 0) is 14.3 Å². The van der Waals surface area contributed by atoms with Crippen molar-refractivity contribution in [2.24, 2.45) is 0 Å². The number of esters is 1. The van der Waals surface area contributed by atoms with Crippen molar-refractivity contribution in [2.75, 3.05) is 13.2 Å². The van der Waals surface area contributed by atoms with Gasteiger partial charge in [0, 0.05) is 12.8 Å².